The van der Waals surface area contributed by atoms with Crippen molar-refractivity contribution in [1.82, 2.24) is 0 Å². The van der Waals surface area contributed by atoms with E-state index >= 15 is 0 Å². The maximum atomic E-state index is 8.38. The second-order valence-corrected chi connectivity index (χ2v) is 4.55. The number of aliphatic hydroxyl groups excluding tert-OH is 4. The van der Waals surface area contributed by atoms with Crippen LogP contribution in [-0.4, -0.2) is 132 Å². The lowest BCUT2D eigenvalue weighted by molar-refractivity contribution is 0.00229. The Morgan fingerprint density at radius 2 is 0.679 bits per heavy atom. The van der Waals surface area contributed by atoms with Crippen molar-refractivity contribution in [3.05, 3.63) is 0 Å². The summed E-state index contributed by atoms with van der Waals surface area (Å²) in [5.74, 6) is 0. The lowest BCUT2D eigenvalue weighted by Gasteiger charge is -2.04. The van der Waals surface area contributed by atoms with Crippen LogP contribution in [0.4, 0.5) is 0 Å². The van der Waals surface area contributed by atoms with Crippen LogP contribution in [0.2, 0.25) is 0 Å². The van der Waals surface area contributed by atoms with Gasteiger partial charge in [-0.25, -0.2) is 0 Å². The molecule has 0 saturated heterocycles. The molecule has 172 valence electrons. The quantitative estimate of drug-likeness (QED) is 0.143. The van der Waals surface area contributed by atoms with Crippen LogP contribution in [0.1, 0.15) is 0 Å². The van der Waals surface area contributed by atoms with E-state index in [0.717, 1.165) is 0 Å². The minimum Gasteiger partial charge on any atom is -0.394 e. The first kappa shape index (κ1) is 29.8. The van der Waals surface area contributed by atoms with Gasteiger partial charge in [-0.1, -0.05) is 0 Å². The Morgan fingerprint density at radius 1 is 0.464 bits per heavy atom. The number of rotatable bonds is 21. The Balaban J connectivity index is -0.000000430. The molecule has 0 aliphatic rings. The monoisotopic (exact) mass is 438 g/mol. The summed E-state index contributed by atoms with van der Waals surface area (Å²) < 4.78 is 44.4. The first-order valence-corrected chi connectivity index (χ1v) is 9.20. The fourth-order valence-electron chi connectivity index (χ4n) is 1.34. The number of ether oxygens (including phenoxy) is 6. The largest absolute Gasteiger partial charge is 0.394 e. The van der Waals surface area contributed by atoms with Crippen molar-refractivity contribution in [3.8, 4) is 0 Å². The number of aliphatic hydroxyl groups is 4. The van der Waals surface area contributed by atoms with E-state index in [0.29, 0.717) is 79.3 Å². The zero-order chi connectivity index (χ0) is 22.3. The molecule has 0 aromatic carbocycles. The zero-order valence-electron chi connectivity index (χ0n) is 17.3. The van der Waals surface area contributed by atoms with E-state index in [1.807, 2.05) is 0 Å². The van der Waals surface area contributed by atoms with Gasteiger partial charge in [0.25, 0.3) is 0 Å². The van der Waals surface area contributed by atoms with Crippen LogP contribution in [0.25, 0.3) is 0 Å². The second kappa shape index (κ2) is 37.4. The fraction of sp³-hybridized carbons (Fsp3) is 1.00. The van der Waals surface area contributed by atoms with Gasteiger partial charge in [-0.05, 0) is 0 Å². The van der Waals surface area contributed by atoms with Crippen LogP contribution >= 0.6 is 0 Å². The third-order valence-corrected chi connectivity index (χ3v) is 2.42. The van der Waals surface area contributed by atoms with Crippen molar-refractivity contribution in [2.45, 2.75) is 0 Å². The molecule has 28 heavy (non-hydrogen) atoms. The molecule has 0 unspecified atom stereocenters. The maximum absolute atomic E-state index is 8.38. The Hall–Kier alpha value is -0.380. The molecule has 0 radical (unpaired) electrons. The van der Waals surface area contributed by atoms with Crippen LogP contribution in [0.5, 0.6) is 0 Å². The first-order valence-electron chi connectivity index (χ1n) is 9.28. The molecule has 0 atom stereocenters. The molecule has 11 nitrogen and oxygen atoms in total. The van der Waals surface area contributed by atoms with E-state index in [1.165, 1.54) is 0 Å². The van der Waals surface area contributed by atoms with Crippen molar-refractivity contribution in [1.29, 1.82) is 1.43 Å². The average molecular weight is 439 g/mol. The highest BCUT2D eigenvalue weighted by molar-refractivity contribution is 7.44. The molecule has 0 aromatic heterocycles. The van der Waals surface area contributed by atoms with E-state index in [4.69, 9.17) is 49.4 Å². The Bertz CT molecular complexity index is 237. The molecule has 0 fully saturated rings. The predicted molar refractivity (Wildman–Crippen MR) is 101 cm³/mol. The molecule has 0 aromatic rings. The standard InChI is InChI=1S/2C8H18O5.OS/c2*9-1-3-11-5-7-13-8-6-12-4-2-10;1-2/h2*9-10H,1-8H2;/i9T;;. The van der Waals surface area contributed by atoms with Crippen molar-refractivity contribution < 1.29 is 53.1 Å². The van der Waals surface area contributed by atoms with Gasteiger partial charge in [-0.2, -0.15) is 4.21 Å². The van der Waals surface area contributed by atoms with Crippen LogP contribution in [0.15, 0.2) is 0 Å². The molecule has 0 saturated carbocycles. The Kier molecular flexibility index (Phi) is 39.8. The van der Waals surface area contributed by atoms with Crippen molar-refractivity contribution in [3.63, 3.8) is 0 Å². The third kappa shape index (κ3) is 40.3. The topological polar surface area (TPSA) is 153 Å². The van der Waals surface area contributed by atoms with Crippen LogP contribution in [-0.2, 0) is 41.0 Å². The van der Waals surface area contributed by atoms with E-state index in [-0.39, 0.29) is 26.4 Å². The number of hydrogen-bond acceptors (Lipinski definition) is 12. The fourth-order valence-corrected chi connectivity index (χ4v) is 1.34. The normalized spacial score (nSPS) is 10.5. The molecule has 4 N–H and O–H groups in total. The summed E-state index contributed by atoms with van der Waals surface area (Å²) in [6, 6.07) is 0. The lowest BCUT2D eigenvalue weighted by atomic mass is 10.7. The van der Waals surface area contributed by atoms with Crippen molar-refractivity contribution >= 4 is 12.5 Å². The summed E-state index contributed by atoms with van der Waals surface area (Å²) >= 11 is 2.83. The second-order valence-electron chi connectivity index (χ2n) is 4.55. The van der Waals surface area contributed by atoms with E-state index in [2.05, 4.69) is 17.6 Å². The van der Waals surface area contributed by atoms with Crippen LogP contribution in [0, 0.1) is 0 Å². The van der Waals surface area contributed by atoms with E-state index in [9.17, 15) is 0 Å². The molecule has 0 rings (SSSR count). The summed E-state index contributed by atoms with van der Waals surface area (Å²) in [5, 5.41) is 29.1. The minimum atomic E-state index is 0.0379. The molecular formula is C16H36O11S. The molecule has 0 heterocycles. The zero-order valence-corrected chi connectivity index (χ0v) is 17.1. The molecule has 0 spiro atoms. The molecule has 12 heteroatoms. The molecule has 0 aliphatic heterocycles. The van der Waals surface area contributed by atoms with Crippen molar-refractivity contribution in [2.24, 2.45) is 0 Å². The molecule has 0 aliphatic carbocycles. The van der Waals surface area contributed by atoms with Gasteiger partial charge >= 0.3 is 0 Å². The van der Waals surface area contributed by atoms with Gasteiger partial charge in [0.15, 0.2) is 12.5 Å². The summed E-state index contributed by atoms with van der Waals surface area (Å²) in [6.45, 7) is 5.81. The summed E-state index contributed by atoms with van der Waals surface area (Å²) in [6.07, 6.45) is 0. The highest BCUT2D eigenvalue weighted by atomic mass is 32.1. The van der Waals surface area contributed by atoms with Crippen LogP contribution < -0.4 is 0 Å². The van der Waals surface area contributed by atoms with Gasteiger partial charge in [-0.3, -0.25) is 0 Å². The average Bonchev–Trinajstić information content (AvgIpc) is 2.76. The van der Waals surface area contributed by atoms with Gasteiger partial charge in [0.2, 0.25) is 1.43 Å². The third-order valence-electron chi connectivity index (χ3n) is 2.42. The molecular weight excluding hydrogens is 400 g/mol. The van der Waals surface area contributed by atoms with Gasteiger partial charge < -0.3 is 48.8 Å². The predicted octanol–water partition coefficient (Wildman–Crippen LogP) is -2.29. The van der Waals surface area contributed by atoms with E-state index in [1.54, 1.807) is 0 Å². The van der Waals surface area contributed by atoms with Gasteiger partial charge in [0.05, 0.1) is 106 Å². The van der Waals surface area contributed by atoms with Gasteiger partial charge in [0.1, 0.15) is 0 Å². The van der Waals surface area contributed by atoms with Gasteiger partial charge in [0, 0.05) is 0 Å². The highest BCUT2D eigenvalue weighted by Crippen LogP contribution is 1.81. The lowest BCUT2D eigenvalue weighted by Crippen LogP contribution is -2.11. The molecule has 0 bridgehead atoms. The Labute approximate surface area is 173 Å². The van der Waals surface area contributed by atoms with Gasteiger partial charge in [-0.15, -0.1) is 0 Å². The first-order chi connectivity index (χ1) is 14.3. The molecule has 0 amide bonds. The van der Waals surface area contributed by atoms with Crippen LogP contribution in [0.3, 0.4) is 0 Å². The minimum absolute atomic E-state index is 0.0379. The summed E-state index contributed by atoms with van der Waals surface area (Å²) in [5.41, 5.74) is 0. The highest BCUT2D eigenvalue weighted by Gasteiger charge is 1.91. The smallest absolute Gasteiger partial charge is 0.210 e. The van der Waals surface area contributed by atoms with Crippen molar-refractivity contribution in [2.75, 3.05) is 106 Å². The van der Waals surface area contributed by atoms with E-state index < -0.39 is 0 Å². The number of hydrogen-bond donors (Lipinski definition) is 4. The summed E-state index contributed by atoms with van der Waals surface area (Å²) in [7, 11) is 0. The SMILES string of the molecule is O=S.OCCOCCOCCOCCO.[3H]OCCOCCOCCOCCO. The maximum Gasteiger partial charge on any atom is 0.210 e. The Morgan fingerprint density at radius 3 is 0.893 bits per heavy atom. The summed E-state index contributed by atoms with van der Waals surface area (Å²) in [4.78, 5) is 0.